The molecule has 1 saturated heterocycles. The molecule has 0 N–H and O–H groups in total. The fourth-order valence-corrected chi connectivity index (χ4v) is 4.82. The van der Waals surface area contributed by atoms with Crippen LogP contribution in [0.4, 0.5) is 5.13 Å². The molecule has 0 spiro atoms. The van der Waals surface area contributed by atoms with Crippen molar-refractivity contribution in [3.05, 3.63) is 45.9 Å². The molecule has 0 aliphatic carbocycles. The topological polar surface area (TPSA) is 69.0 Å². The molecule has 2 aromatic heterocycles. The van der Waals surface area contributed by atoms with Gasteiger partial charge in [0, 0.05) is 23.9 Å². The van der Waals surface area contributed by atoms with Crippen LogP contribution in [0.5, 0.6) is 11.5 Å². The van der Waals surface area contributed by atoms with Gasteiger partial charge in [0.25, 0.3) is 5.56 Å². The van der Waals surface area contributed by atoms with Gasteiger partial charge in [-0.3, -0.25) is 4.79 Å². The Labute approximate surface area is 160 Å². The lowest BCUT2D eigenvalue weighted by atomic mass is 10.0. The molecule has 0 radical (unpaired) electrons. The maximum atomic E-state index is 12.3. The zero-order valence-corrected chi connectivity index (χ0v) is 15.9. The molecule has 0 saturated carbocycles. The van der Waals surface area contributed by atoms with Crippen molar-refractivity contribution in [2.24, 2.45) is 0 Å². The second-order valence-electron chi connectivity index (χ2n) is 6.74. The molecule has 7 nitrogen and oxygen atoms in total. The van der Waals surface area contributed by atoms with Crippen molar-refractivity contribution in [1.82, 2.24) is 14.6 Å². The SMILES string of the molecule is CCc1cc(=O)n2nc(N3CCCC3c3cccc4c3OCCO4)sc2n1. The van der Waals surface area contributed by atoms with E-state index >= 15 is 0 Å². The minimum Gasteiger partial charge on any atom is -0.486 e. The third-order valence-corrected chi connectivity index (χ3v) is 6.05. The standard InChI is InChI=1S/C19H20N4O3S/c1-2-12-11-16(24)23-18(20-12)27-19(21-23)22-8-4-6-14(22)13-5-3-7-15-17(13)26-10-9-25-15/h3,5,7,11,14H,2,4,6,8-10H2,1H3. The quantitative estimate of drug-likeness (QED) is 0.692. The number of aryl methyl sites for hydroxylation is 1. The van der Waals surface area contributed by atoms with Crippen molar-refractivity contribution < 1.29 is 9.47 Å². The summed E-state index contributed by atoms with van der Waals surface area (Å²) >= 11 is 1.47. The molecule has 4 heterocycles. The number of nitrogens with zero attached hydrogens (tertiary/aromatic N) is 4. The molecule has 140 valence electrons. The normalized spacial score (nSPS) is 19.0. The van der Waals surface area contributed by atoms with Gasteiger partial charge in [-0.2, -0.15) is 4.52 Å². The largest absolute Gasteiger partial charge is 0.486 e. The lowest BCUT2D eigenvalue weighted by Gasteiger charge is -2.28. The average molecular weight is 384 g/mol. The van der Waals surface area contributed by atoms with Gasteiger partial charge in [-0.15, -0.1) is 5.10 Å². The monoisotopic (exact) mass is 384 g/mol. The average Bonchev–Trinajstić information content (AvgIpc) is 3.34. The van der Waals surface area contributed by atoms with Crippen molar-refractivity contribution in [2.75, 3.05) is 24.7 Å². The van der Waals surface area contributed by atoms with Crippen molar-refractivity contribution >= 4 is 21.4 Å². The molecule has 0 amide bonds. The molecule has 5 rings (SSSR count). The maximum Gasteiger partial charge on any atom is 0.275 e. The summed E-state index contributed by atoms with van der Waals surface area (Å²) in [6.45, 7) is 4.04. The number of rotatable bonds is 3. The highest BCUT2D eigenvalue weighted by Crippen LogP contribution is 2.44. The number of benzene rings is 1. The van der Waals surface area contributed by atoms with Crippen molar-refractivity contribution in [2.45, 2.75) is 32.2 Å². The zero-order chi connectivity index (χ0) is 18.4. The van der Waals surface area contributed by atoms with Crippen molar-refractivity contribution in [3.8, 4) is 11.5 Å². The minimum absolute atomic E-state index is 0.121. The predicted molar refractivity (Wildman–Crippen MR) is 103 cm³/mol. The van der Waals surface area contributed by atoms with Crippen LogP contribution in [0.25, 0.3) is 4.96 Å². The van der Waals surface area contributed by atoms with E-state index in [0.717, 1.165) is 53.7 Å². The van der Waals surface area contributed by atoms with Crippen molar-refractivity contribution in [1.29, 1.82) is 0 Å². The first kappa shape index (κ1) is 16.6. The van der Waals surface area contributed by atoms with E-state index in [1.807, 2.05) is 19.1 Å². The first-order valence-electron chi connectivity index (χ1n) is 9.29. The van der Waals surface area contributed by atoms with Crippen LogP contribution in [0, 0.1) is 0 Å². The number of hydrogen-bond acceptors (Lipinski definition) is 7. The Morgan fingerprint density at radius 1 is 1.30 bits per heavy atom. The summed E-state index contributed by atoms with van der Waals surface area (Å²) in [6, 6.07) is 7.78. The van der Waals surface area contributed by atoms with E-state index in [2.05, 4.69) is 21.0 Å². The van der Waals surface area contributed by atoms with Gasteiger partial charge in [0.2, 0.25) is 10.1 Å². The van der Waals surface area contributed by atoms with E-state index in [1.54, 1.807) is 6.07 Å². The number of fused-ring (bicyclic) bond motifs is 2. The smallest absolute Gasteiger partial charge is 0.275 e. The number of para-hydroxylation sites is 1. The zero-order valence-electron chi connectivity index (χ0n) is 15.1. The van der Waals surface area contributed by atoms with E-state index in [-0.39, 0.29) is 11.6 Å². The first-order chi connectivity index (χ1) is 13.2. The third kappa shape index (κ3) is 2.75. The molecule has 1 atom stereocenters. The molecular formula is C19H20N4O3S. The van der Waals surface area contributed by atoms with E-state index in [4.69, 9.17) is 9.47 Å². The lowest BCUT2D eigenvalue weighted by Crippen LogP contribution is -2.25. The Kier molecular flexibility index (Phi) is 4.00. The highest BCUT2D eigenvalue weighted by atomic mass is 32.1. The summed E-state index contributed by atoms with van der Waals surface area (Å²) in [7, 11) is 0. The number of hydrogen-bond donors (Lipinski definition) is 0. The fraction of sp³-hybridized carbons (Fsp3) is 0.421. The number of ether oxygens (including phenoxy) is 2. The molecule has 1 unspecified atom stereocenters. The highest BCUT2D eigenvalue weighted by Gasteiger charge is 2.32. The van der Waals surface area contributed by atoms with Crippen LogP contribution in [-0.2, 0) is 6.42 Å². The number of aromatic nitrogens is 3. The Morgan fingerprint density at radius 2 is 2.19 bits per heavy atom. The Morgan fingerprint density at radius 3 is 3.07 bits per heavy atom. The molecule has 1 fully saturated rings. The summed E-state index contributed by atoms with van der Waals surface area (Å²) in [6.07, 6.45) is 2.81. The summed E-state index contributed by atoms with van der Waals surface area (Å²) in [4.78, 5) is 19.8. The minimum atomic E-state index is -0.121. The summed E-state index contributed by atoms with van der Waals surface area (Å²) in [5.74, 6) is 1.64. The molecule has 27 heavy (non-hydrogen) atoms. The molecule has 2 aliphatic heterocycles. The summed E-state index contributed by atoms with van der Waals surface area (Å²) in [5.41, 5.74) is 1.80. The molecule has 1 aromatic carbocycles. The molecular weight excluding hydrogens is 364 g/mol. The van der Waals surface area contributed by atoms with Crippen LogP contribution < -0.4 is 19.9 Å². The molecule has 8 heteroatoms. The third-order valence-electron chi connectivity index (χ3n) is 5.10. The van der Waals surface area contributed by atoms with Gasteiger partial charge in [0.1, 0.15) is 13.2 Å². The molecule has 0 bridgehead atoms. The summed E-state index contributed by atoms with van der Waals surface area (Å²) < 4.78 is 13.1. The van der Waals surface area contributed by atoms with Gasteiger partial charge in [0.05, 0.1) is 6.04 Å². The van der Waals surface area contributed by atoms with Gasteiger partial charge >= 0.3 is 0 Å². The van der Waals surface area contributed by atoms with Gasteiger partial charge in [-0.1, -0.05) is 30.4 Å². The van der Waals surface area contributed by atoms with Crippen LogP contribution in [0.2, 0.25) is 0 Å². The van der Waals surface area contributed by atoms with E-state index in [1.165, 1.54) is 15.9 Å². The van der Waals surface area contributed by atoms with Crippen LogP contribution >= 0.6 is 11.3 Å². The van der Waals surface area contributed by atoms with Gasteiger partial charge in [-0.05, 0) is 25.3 Å². The fourth-order valence-electron chi connectivity index (χ4n) is 3.82. The second kappa shape index (κ2) is 6.53. The van der Waals surface area contributed by atoms with Gasteiger partial charge in [-0.25, -0.2) is 4.98 Å². The summed E-state index contributed by atoms with van der Waals surface area (Å²) in [5, 5.41) is 5.40. The molecule has 3 aromatic rings. The maximum absolute atomic E-state index is 12.3. The van der Waals surface area contributed by atoms with Gasteiger partial charge in [0.15, 0.2) is 11.5 Å². The second-order valence-corrected chi connectivity index (χ2v) is 7.68. The van der Waals surface area contributed by atoms with E-state index in [0.29, 0.717) is 18.2 Å². The highest BCUT2D eigenvalue weighted by molar-refractivity contribution is 7.20. The predicted octanol–water partition coefficient (Wildman–Crippen LogP) is 2.83. The van der Waals surface area contributed by atoms with Crippen molar-refractivity contribution in [3.63, 3.8) is 0 Å². The Bertz CT molecular complexity index is 1060. The van der Waals surface area contributed by atoms with Gasteiger partial charge < -0.3 is 14.4 Å². The van der Waals surface area contributed by atoms with Crippen LogP contribution in [0.15, 0.2) is 29.1 Å². The molecule has 2 aliphatic rings. The van der Waals surface area contributed by atoms with Crippen LogP contribution in [0.3, 0.4) is 0 Å². The number of anilines is 1. The lowest BCUT2D eigenvalue weighted by molar-refractivity contribution is 0.169. The Balaban J connectivity index is 1.57. The Hall–Kier alpha value is -2.61. The van der Waals surface area contributed by atoms with Crippen LogP contribution in [-0.4, -0.2) is 34.4 Å². The van der Waals surface area contributed by atoms with Crippen LogP contribution in [0.1, 0.15) is 37.1 Å². The van der Waals surface area contributed by atoms with E-state index in [9.17, 15) is 4.79 Å². The first-order valence-corrected chi connectivity index (χ1v) is 10.1. The van der Waals surface area contributed by atoms with E-state index < -0.39 is 0 Å².